The highest BCUT2D eigenvalue weighted by molar-refractivity contribution is 5.81. The second kappa shape index (κ2) is 7.26. The molecule has 0 amide bonds. The summed E-state index contributed by atoms with van der Waals surface area (Å²) in [7, 11) is 1.58. The van der Waals surface area contributed by atoms with Gasteiger partial charge < -0.3 is 9.47 Å². The maximum atomic E-state index is 11.3. The van der Waals surface area contributed by atoms with Crippen LogP contribution in [0.2, 0.25) is 0 Å². The van der Waals surface area contributed by atoms with Gasteiger partial charge in [0.25, 0.3) is 5.56 Å². The fourth-order valence-electron chi connectivity index (χ4n) is 1.84. The van der Waals surface area contributed by atoms with Gasteiger partial charge in [0.05, 0.1) is 19.9 Å². The number of anilines is 1. The average molecular weight is 302 g/mol. The lowest BCUT2D eigenvalue weighted by molar-refractivity contribution is 0.311. The fourth-order valence-corrected chi connectivity index (χ4v) is 1.84. The number of rotatable bonds is 6. The van der Waals surface area contributed by atoms with Gasteiger partial charge in [0.15, 0.2) is 11.5 Å². The van der Waals surface area contributed by atoms with Crippen LogP contribution in [0, 0.1) is 6.92 Å². The molecule has 0 aliphatic rings. The van der Waals surface area contributed by atoms with E-state index in [0.717, 1.165) is 5.56 Å². The summed E-state index contributed by atoms with van der Waals surface area (Å²) in [5, 5.41) is 4.04. The van der Waals surface area contributed by atoms with Crippen LogP contribution in [0.5, 0.6) is 11.5 Å². The minimum atomic E-state index is -0.229. The molecule has 7 heteroatoms. The van der Waals surface area contributed by atoms with Crippen molar-refractivity contribution < 1.29 is 9.47 Å². The van der Waals surface area contributed by atoms with E-state index in [1.807, 2.05) is 25.1 Å². The molecule has 0 unspecified atom stereocenters. The molecule has 0 atom stereocenters. The quantitative estimate of drug-likeness (QED) is 0.629. The molecular formula is C15H18N4O3. The van der Waals surface area contributed by atoms with E-state index < -0.39 is 0 Å². The Labute approximate surface area is 128 Å². The Balaban J connectivity index is 2.11. The van der Waals surface area contributed by atoms with E-state index in [-0.39, 0.29) is 5.56 Å². The van der Waals surface area contributed by atoms with Gasteiger partial charge in [-0.1, -0.05) is 0 Å². The lowest BCUT2D eigenvalue weighted by Gasteiger charge is -2.09. The van der Waals surface area contributed by atoms with Gasteiger partial charge in [-0.3, -0.25) is 9.78 Å². The molecule has 2 rings (SSSR count). The highest BCUT2D eigenvalue weighted by Gasteiger charge is 2.04. The van der Waals surface area contributed by atoms with Crippen LogP contribution < -0.4 is 20.5 Å². The first kappa shape index (κ1) is 15.6. The number of methoxy groups -OCH3 is 1. The minimum absolute atomic E-state index is 0.229. The van der Waals surface area contributed by atoms with E-state index in [0.29, 0.717) is 29.7 Å². The molecule has 1 heterocycles. The summed E-state index contributed by atoms with van der Waals surface area (Å²) in [6.45, 7) is 4.22. The molecule has 0 saturated carbocycles. The van der Waals surface area contributed by atoms with Crippen molar-refractivity contribution in [2.45, 2.75) is 13.8 Å². The maximum absolute atomic E-state index is 11.3. The second-order valence-electron chi connectivity index (χ2n) is 4.45. The Kier molecular flexibility index (Phi) is 5.13. The van der Waals surface area contributed by atoms with E-state index in [2.05, 4.69) is 20.5 Å². The van der Waals surface area contributed by atoms with E-state index in [1.54, 1.807) is 20.2 Å². The summed E-state index contributed by atoms with van der Waals surface area (Å²) in [6, 6.07) is 6.89. The lowest BCUT2D eigenvalue weighted by atomic mass is 10.2. The van der Waals surface area contributed by atoms with Crippen LogP contribution in [0.3, 0.4) is 0 Å². The van der Waals surface area contributed by atoms with Gasteiger partial charge >= 0.3 is 0 Å². The molecule has 0 fully saturated rings. The molecule has 0 saturated heterocycles. The molecule has 2 aromatic rings. The molecular weight excluding hydrogens is 284 g/mol. The standard InChI is InChI=1S/C15H18N4O3/c1-4-22-12-6-5-11(8-13(12)21-3)9-16-19-15-17-10(2)7-14(20)18-15/h5-9H,4H2,1-3H3,(H2,17,18,19,20). The number of aryl methyl sites for hydroxylation is 1. The Morgan fingerprint density at radius 3 is 2.86 bits per heavy atom. The minimum Gasteiger partial charge on any atom is -0.493 e. The molecule has 22 heavy (non-hydrogen) atoms. The monoisotopic (exact) mass is 302 g/mol. The molecule has 0 aliphatic carbocycles. The predicted octanol–water partition coefficient (Wildman–Crippen LogP) is 1.93. The molecule has 1 aromatic carbocycles. The van der Waals surface area contributed by atoms with Crippen LogP contribution in [-0.2, 0) is 0 Å². The van der Waals surface area contributed by atoms with Gasteiger partial charge in [-0.25, -0.2) is 10.4 Å². The first-order valence-electron chi connectivity index (χ1n) is 6.80. The number of ether oxygens (including phenoxy) is 2. The number of nitrogens with zero attached hydrogens (tertiary/aromatic N) is 2. The Hall–Kier alpha value is -2.83. The zero-order valence-electron chi connectivity index (χ0n) is 12.7. The number of H-pyrrole nitrogens is 1. The number of aromatic amines is 1. The van der Waals surface area contributed by atoms with Crippen molar-refractivity contribution in [3.63, 3.8) is 0 Å². The van der Waals surface area contributed by atoms with Crippen LogP contribution >= 0.6 is 0 Å². The summed E-state index contributed by atoms with van der Waals surface area (Å²) in [6.07, 6.45) is 1.60. The summed E-state index contributed by atoms with van der Waals surface area (Å²) in [5.41, 5.74) is 3.89. The summed E-state index contributed by atoms with van der Waals surface area (Å²) in [4.78, 5) is 18.0. The second-order valence-corrected chi connectivity index (χ2v) is 4.45. The van der Waals surface area contributed by atoms with Gasteiger partial charge in [0, 0.05) is 11.8 Å². The molecule has 0 aliphatic heterocycles. The Bertz CT molecular complexity index is 725. The number of benzene rings is 1. The van der Waals surface area contributed by atoms with Gasteiger partial charge in [-0.05, 0) is 37.6 Å². The van der Waals surface area contributed by atoms with Crippen LogP contribution in [-0.4, -0.2) is 29.9 Å². The third kappa shape index (κ3) is 4.08. The number of hydrogen-bond acceptors (Lipinski definition) is 6. The third-order valence-corrected chi connectivity index (χ3v) is 2.74. The van der Waals surface area contributed by atoms with E-state index in [4.69, 9.17) is 9.47 Å². The van der Waals surface area contributed by atoms with Gasteiger partial charge in [-0.2, -0.15) is 5.10 Å². The predicted molar refractivity (Wildman–Crippen MR) is 85.0 cm³/mol. The zero-order valence-corrected chi connectivity index (χ0v) is 12.7. The van der Waals surface area contributed by atoms with Crippen molar-refractivity contribution in [1.29, 1.82) is 0 Å². The molecule has 1 aromatic heterocycles. The third-order valence-electron chi connectivity index (χ3n) is 2.74. The van der Waals surface area contributed by atoms with Gasteiger partial charge in [0.2, 0.25) is 5.95 Å². The largest absolute Gasteiger partial charge is 0.493 e. The van der Waals surface area contributed by atoms with E-state index in [1.165, 1.54) is 6.07 Å². The van der Waals surface area contributed by atoms with Crippen molar-refractivity contribution in [3.05, 3.63) is 45.9 Å². The first-order chi connectivity index (χ1) is 10.6. The maximum Gasteiger partial charge on any atom is 0.252 e. The van der Waals surface area contributed by atoms with Crippen molar-refractivity contribution in [2.24, 2.45) is 5.10 Å². The van der Waals surface area contributed by atoms with Gasteiger partial charge in [-0.15, -0.1) is 0 Å². The highest BCUT2D eigenvalue weighted by Crippen LogP contribution is 2.27. The molecule has 2 N–H and O–H groups in total. The van der Waals surface area contributed by atoms with Crippen molar-refractivity contribution in [1.82, 2.24) is 9.97 Å². The molecule has 0 radical (unpaired) electrons. The number of hydrazone groups is 1. The summed E-state index contributed by atoms with van der Waals surface area (Å²) < 4.78 is 10.7. The molecule has 116 valence electrons. The highest BCUT2D eigenvalue weighted by atomic mass is 16.5. The van der Waals surface area contributed by atoms with Gasteiger partial charge in [0.1, 0.15) is 0 Å². The van der Waals surface area contributed by atoms with Crippen molar-refractivity contribution in [2.75, 3.05) is 19.1 Å². The number of aromatic nitrogens is 2. The fraction of sp³-hybridized carbons (Fsp3) is 0.267. The van der Waals surface area contributed by atoms with E-state index in [9.17, 15) is 4.79 Å². The lowest BCUT2D eigenvalue weighted by Crippen LogP contribution is -2.10. The smallest absolute Gasteiger partial charge is 0.252 e. The topological polar surface area (TPSA) is 88.6 Å². The molecule has 0 spiro atoms. The van der Waals surface area contributed by atoms with Crippen LogP contribution in [0.15, 0.2) is 34.2 Å². The summed E-state index contributed by atoms with van der Waals surface area (Å²) >= 11 is 0. The molecule has 0 bridgehead atoms. The Morgan fingerprint density at radius 2 is 2.18 bits per heavy atom. The van der Waals surface area contributed by atoms with E-state index >= 15 is 0 Å². The normalized spacial score (nSPS) is 10.7. The zero-order chi connectivity index (χ0) is 15.9. The van der Waals surface area contributed by atoms with Crippen LogP contribution in [0.4, 0.5) is 5.95 Å². The Morgan fingerprint density at radius 1 is 1.36 bits per heavy atom. The summed E-state index contributed by atoms with van der Waals surface area (Å²) in [5.74, 6) is 1.60. The van der Waals surface area contributed by atoms with Crippen molar-refractivity contribution in [3.8, 4) is 11.5 Å². The number of hydrogen-bond donors (Lipinski definition) is 2. The number of nitrogens with one attached hydrogen (secondary N) is 2. The first-order valence-corrected chi connectivity index (χ1v) is 6.80. The van der Waals surface area contributed by atoms with Crippen LogP contribution in [0.1, 0.15) is 18.2 Å². The average Bonchev–Trinajstić information content (AvgIpc) is 2.48. The SMILES string of the molecule is CCOc1ccc(C=NNc2nc(C)cc(=O)[nH]2)cc1OC. The van der Waals surface area contributed by atoms with Crippen LogP contribution in [0.25, 0.3) is 0 Å². The van der Waals surface area contributed by atoms with Crippen molar-refractivity contribution >= 4 is 12.2 Å². The molecule has 7 nitrogen and oxygen atoms in total.